The number of alkyl halides is 3. The van der Waals surface area contributed by atoms with Gasteiger partial charge in [-0.1, -0.05) is 19.1 Å². The summed E-state index contributed by atoms with van der Waals surface area (Å²) in [6, 6.07) is 9.97. The fraction of sp³-hybridized carbons (Fsp3) is 0.269. The molecule has 1 aliphatic carbocycles. The molecule has 3 aromatic carbocycles. The van der Waals surface area contributed by atoms with E-state index in [0.717, 1.165) is 40.7 Å². The molecule has 3 aromatic rings. The Morgan fingerprint density at radius 1 is 1.08 bits per heavy atom. The first-order chi connectivity index (χ1) is 17.7. The molecular weight excluding hydrogens is 533 g/mol. The van der Waals surface area contributed by atoms with E-state index in [0.29, 0.717) is 6.07 Å². The largest absolute Gasteiger partial charge is 0.486 e. The van der Waals surface area contributed by atoms with Crippen LogP contribution in [0.4, 0.5) is 27.6 Å². The van der Waals surface area contributed by atoms with E-state index < -0.39 is 68.2 Å². The predicted molar refractivity (Wildman–Crippen MR) is 126 cm³/mol. The number of nitrogens with zero attached hydrogens (tertiary/aromatic N) is 1. The average Bonchev–Trinajstić information content (AvgIpc) is 3.57. The molecule has 0 amide bonds. The molecule has 1 heterocycles. The molecule has 1 fully saturated rings. The molecule has 0 aromatic heterocycles. The number of carboxylic acids is 1. The van der Waals surface area contributed by atoms with Crippen LogP contribution in [-0.2, 0) is 21.0 Å². The molecule has 0 spiro atoms. The Morgan fingerprint density at radius 2 is 1.82 bits per heavy atom. The van der Waals surface area contributed by atoms with Crippen molar-refractivity contribution in [2.45, 2.75) is 30.5 Å². The molecule has 1 saturated carbocycles. The van der Waals surface area contributed by atoms with E-state index in [4.69, 9.17) is 4.74 Å². The van der Waals surface area contributed by atoms with Crippen LogP contribution in [0.2, 0.25) is 0 Å². The second kappa shape index (κ2) is 8.69. The van der Waals surface area contributed by atoms with Gasteiger partial charge in [0.15, 0.2) is 0 Å². The number of anilines is 1. The zero-order chi connectivity index (χ0) is 27.6. The minimum Gasteiger partial charge on any atom is -0.486 e. The lowest BCUT2D eigenvalue weighted by molar-refractivity contribution is -0.140. The zero-order valence-corrected chi connectivity index (χ0v) is 20.5. The monoisotopic (exact) mass is 553 g/mol. The van der Waals surface area contributed by atoms with Gasteiger partial charge >= 0.3 is 12.1 Å². The van der Waals surface area contributed by atoms with Crippen LogP contribution in [0.5, 0.6) is 5.75 Å². The van der Waals surface area contributed by atoms with Crippen molar-refractivity contribution in [3.8, 4) is 16.9 Å². The molecule has 2 aliphatic rings. The smallest absolute Gasteiger partial charge is 0.416 e. The van der Waals surface area contributed by atoms with Crippen molar-refractivity contribution in [3.63, 3.8) is 0 Å². The second-order valence-electron chi connectivity index (χ2n) is 9.58. The first kappa shape index (κ1) is 26.0. The maximum atomic E-state index is 14.5. The van der Waals surface area contributed by atoms with Gasteiger partial charge in [0.2, 0.25) is 0 Å². The van der Waals surface area contributed by atoms with Crippen molar-refractivity contribution in [1.29, 1.82) is 0 Å². The third-order valence-electron chi connectivity index (χ3n) is 7.13. The molecular formula is C26H20F5NO5S. The van der Waals surface area contributed by atoms with Crippen molar-refractivity contribution in [2.75, 3.05) is 10.8 Å². The van der Waals surface area contributed by atoms with Crippen LogP contribution in [0, 0.1) is 23.0 Å². The summed E-state index contributed by atoms with van der Waals surface area (Å²) < 4.78 is 103. The van der Waals surface area contributed by atoms with Crippen molar-refractivity contribution >= 4 is 21.7 Å². The first-order valence-corrected chi connectivity index (χ1v) is 12.8. The number of hydrogen-bond acceptors (Lipinski definition) is 4. The van der Waals surface area contributed by atoms with Gasteiger partial charge < -0.3 is 9.84 Å². The lowest BCUT2D eigenvalue weighted by Crippen LogP contribution is -2.47. The van der Waals surface area contributed by atoms with Crippen LogP contribution in [0.1, 0.15) is 18.9 Å². The highest BCUT2D eigenvalue weighted by Gasteiger charge is 2.62. The number of hydrogen-bond donors (Lipinski definition) is 1. The topological polar surface area (TPSA) is 83.9 Å². The molecule has 1 unspecified atom stereocenters. The molecule has 3 atom stereocenters. The van der Waals surface area contributed by atoms with Gasteiger partial charge in [0.1, 0.15) is 23.5 Å². The number of carbonyl (C=O) groups is 1. The highest BCUT2D eigenvalue weighted by atomic mass is 32.2. The Hall–Kier alpha value is -3.67. The Kier molecular flexibility index (Phi) is 5.93. The summed E-state index contributed by atoms with van der Waals surface area (Å²) in [5.41, 5.74) is -2.26. The maximum Gasteiger partial charge on any atom is 0.416 e. The lowest BCUT2D eigenvalue weighted by atomic mass is 9.96. The van der Waals surface area contributed by atoms with Crippen molar-refractivity contribution in [3.05, 3.63) is 77.9 Å². The number of aliphatic carboxylic acids is 1. The summed E-state index contributed by atoms with van der Waals surface area (Å²) in [5.74, 6) is -3.37. The Balaban J connectivity index is 1.64. The summed E-state index contributed by atoms with van der Waals surface area (Å²) in [4.78, 5) is 11.0. The Labute approximate surface area is 214 Å². The lowest BCUT2D eigenvalue weighted by Gasteiger charge is -2.38. The summed E-state index contributed by atoms with van der Waals surface area (Å²) in [6.45, 7) is 1.23. The van der Waals surface area contributed by atoms with Gasteiger partial charge in [-0.2, -0.15) is 13.2 Å². The van der Waals surface area contributed by atoms with E-state index in [1.807, 2.05) is 0 Å². The van der Waals surface area contributed by atoms with E-state index in [1.165, 1.54) is 18.2 Å². The molecule has 38 heavy (non-hydrogen) atoms. The molecule has 1 N–H and O–H groups in total. The number of sulfonamides is 1. The van der Waals surface area contributed by atoms with Crippen molar-refractivity contribution in [1.82, 2.24) is 0 Å². The highest BCUT2D eigenvalue weighted by Crippen LogP contribution is 2.58. The molecule has 0 radical (unpaired) electrons. The van der Waals surface area contributed by atoms with Gasteiger partial charge in [0.25, 0.3) is 10.0 Å². The third-order valence-corrected chi connectivity index (χ3v) is 8.91. The SMILES string of the molecule is CC1([C@H]2CN(S(=O)(=O)c3cccc(C(F)(F)F)c3)c3cc(-c4cc(F)ccc4F)ccc3O2)C[C@H]1C(=O)O. The van der Waals surface area contributed by atoms with Crippen LogP contribution in [0.25, 0.3) is 11.1 Å². The number of benzene rings is 3. The molecule has 5 rings (SSSR count). The van der Waals surface area contributed by atoms with Crippen LogP contribution in [-0.4, -0.2) is 32.1 Å². The number of fused-ring (bicyclic) bond motifs is 1. The van der Waals surface area contributed by atoms with Crippen LogP contribution in [0.15, 0.2) is 65.6 Å². The summed E-state index contributed by atoms with van der Waals surface area (Å²) in [5, 5.41) is 9.48. The van der Waals surface area contributed by atoms with Gasteiger partial charge in [-0.25, -0.2) is 17.2 Å². The van der Waals surface area contributed by atoms with E-state index in [2.05, 4.69) is 0 Å². The van der Waals surface area contributed by atoms with E-state index in [1.54, 1.807) is 6.92 Å². The quantitative estimate of drug-likeness (QED) is 0.409. The Morgan fingerprint density at radius 3 is 2.47 bits per heavy atom. The zero-order valence-electron chi connectivity index (χ0n) is 19.7. The van der Waals surface area contributed by atoms with Crippen LogP contribution >= 0.6 is 0 Å². The molecule has 0 bridgehead atoms. The number of halogens is 5. The van der Waals surface area contributed by atoms with Crippen molar-refractivity contribution in [2.24, 2.45) is 11.3 Å². The van der Waals surface area contributed by atoms with Gasteiger partial charge in [-0.3, -0.25) is 9.10 Å². The molecule has 0 saturated heterocycles. The normalized spacial score (nSPS) is 22.9. The van der Waals surface area contributed by atoms with Crippen LogP contribution < -0.4 is 9.04 Å². The van der Waals surface area contributed by atoms with E-state index >= 15 is 0 Å². The minimum atomic E-state index is -4.80. The predicted octanol–water partition coefficient (Wildman–Crippen LogP) is 5.72. The third kappa shape index (κ3) is 4.36. The highest BCUT2D eigenvalue weighted by molar-refractivity contribution is 7.92. The van der Waals surface area contributed by atoms with E-state index in [-0.39, 0.29) is 29.0 Å². The molecule has 12 heteroatoms. The van der Waals surface area contributed by atoms with Crippen molar-refractivity contribution < 1.29 is 45.0 Å². The number of carboxylic acid groups (broad SMARTS) is 1. The number of rotatable bonds is 5. The second-order valence-corrected chi connectivity index (χ2v) is 11.4. The van der Waals surface area contributed by atoms with Gasteiger partial charge in [-0.05, 0) is 60.5 Å². The number of ether oxygens (including phenoxy) is 1. The first-order valence-electron chi connectivity index (χ1n) is 11.4. The fourth-order valence-corrected chi connectivity index (χ4v) is 6.29. The molecule has 200 valence electrons. The molecule has 6 nitrogen and oxygen atoms in total. The molecule has 1 aliphatic heterocycles. The average molecular weight is 554 g/mol. The minimum absolute atomic E-state index is 0.00891. The summed E-state index contributed by atoms with van der Waals surface area (Å²) in [6.07, 6.45) is -5.52. The summed E-state index contributed by atoms with van der Waals surface area (Å²) in [7, 11) is -4.64. The summed E-state index contributed by atoms with van der Waals surface area (Å²) >= 11 is 0. The van der Waals surface area contributed by atoms with Gasteiger partial charge in [0, 0.05) is 11.0 Å². The fourth-order valence-electron chi connectivity index (χ4n) is 4.77. The Bertz CT molecular complexity index is 1560. The van der Waals surface area contributed by atoms with Gasteiger partial charge in [0.05, 0.1) is 28.6 Å². The standard InChI is InChI=1S/C26H20F5NO5S/c1-25(12-19(25)24(33)34)23-13-32(38(35,36)17-4-2-3-15(10-17)26(29,30)31)21-9-14(5-8-22(21)37-23)18-11-16(27)6-7-20(18)28/h2-11,19,23H,12-13H2,1H3,(H,33,34)/t19-,23+,25?/m0/s1. The maximum absolute atomic E-state index is 14.5. The van der Waals surface area contributed by atoms with E-state index in [9.17, 15) is 40.3 Å². The van der Waals surface area contributed by atoms with Crippen LogP contribution in [0.3, 0.4) is 0 Å². The van der Waals surface area contributed by atoms with Gasteiger partial charge in [-0.15, -0.1) is 0 Å².